The van der Waals surface area contributed by atoms with Crippen LogP contribution in [0.15, 0.2) is 84.9 Å². The first-order chi connectivity index (χ1) is 22.6. The van der Waals surface area contributed by atoms with Gasteiger partial charge in [0, 0.05) is 0 Å². The largest absolute Gasteiger partial charge is 1.00 e. The van der Waals surface area contributed by atoms with Crippen LogP contribution >= 0.6 is 0 Å². The second-order valence-corrected chi connectivity index (χ2v) is 21.4. The van der Waals surface area contributed by atoms with E-state index >= 15 is 0 Å². The van der Waals surface area contributed by atoms with Gasteiger partial charge >= 0.3 is 310 Å². The zero-order chi connectivity index (χ0) is 36.4. The van der Waals surface area contributed by atoms with Crippen LogP contribution in [0.4, 0.5) is 0 Å². The minimum atomic E-state index is -1.50. The molecule has 0 aliphatic rings. The summed E-state index contributed by atoms with van der Waals surface area (Å²) in [5, 5.41) is 23.7. The molecule has 0 fully saturated rings. The number of halogens is 2. The Kier molecular flexibility index (Phi) is 15.4. The molecule has 0 radical (unpaired) electrons. The molecule has 4 rings (SSSR count). The summed E-state index contributed by atoms with van der Waals surface area (Å²) < 4.78 is 5.20. The Balaban J connectivity index is 0.00000451. The van der Waals surface area contributed by atoms with Crippen molar-refractivity contribution in [2.75, 3.05) is 0 Å². The Bertz CT molecular complexity index is 1700. The topological polar surface area (TPSA) is 46.5 Å². The van der Waals surface area contributed by atoms with E-state index < -0.39 is 22.9 Å². The van der Waals surface area contributed by atoms with Gasteiger partial charge in [0.1, 0.15) is 0 Å². The van der Waals surface area contributed by atoms with Gasteiger partial charge in [0.2, 0.25) is 0 Å². The molecule has 0 spiro atoms. The fourth-order valence-electron chi connectivity index (χ4n) is 6.11. The van der Waals surface area contributed by atoms with E-state index in [1.807, 2.05) is 0 Å². The number of phenols is 2. The van der Waals surface area contributed by atoms with E-state index in [2.05, 4.69) is 173 Å². The number of hydrogen-bond donors (Lipinski definition) is 2. The van der Waals surface area contributed by atoms with Crippen LogP contribution in [0.25, 0.3) is 0 Å². The molecule has 0 saturated heterocycles. The van der Waals surface area contributed by atoms with Gasteiger partial charge in [-0.2, -0.15) is 0 Å². The van der Waals surface area contributed by atoms with Crippen LogP contribution in [0.3, 0.4) is 0 Å². The van der Waals surface area contributed by atoms with Crippen LogP contribution in [-0.4, -0.2) is 15.1 Å². The fourth-order valence-corrected chi connectivity index (χ4v) is 9.53. The van der Waals surface area contributed by atoms with Crippen LogP contribution in [0, 0.1) is 0 Å². The first kappa shape index (κ1) is 44.7. The van der Waals surface area contributed by atoms with Gasteiger partial charge in [0.15, 0.2) is 0 Å². The van der Waals surface area contributed by atoms with Crippen molar-refractivity contribution in [2.24, 2.45) is 0 Å². The van der Waals surface area contributed by atoms with Crippen molar-refractivity contribution in [1.82, 2.24) is 0 Å². The summed E-state index contributed by atoms with van der Waals surface area (Å²) in [5.74, 6) is 0.829. The third-order valence-electron chi connectivity index (χ3n) is 9.16. The first-order valence-electron chi connectivity index (χ1n) is 17.7. The van der Waals surface area contributed by atoms with Crippen molar-refractivity contribution in [3.05, 3.63) is 129 Å². The van der Waals surface area contributed by atoms with Gasteiger partial charge in [0.05, 0.1) is 0 Å². The van der Waals surface area contributed by atoms with E-state index in [9.17, 15) is 10.2 Å². The number of benzene rings is 4. The summed E-state index contributed by atoms with van der Waals surface area (Å²) in [6.07, 6.45) is 0. The monoisotopic (exact) mass is 808 g/mol. The van der Waals surface area contributed by atoms with Gasteiger partial charge in [0.25, 0.3) is 0 Å². The molecule has 4 nitrogen and oxygen atoms in total. The van der Waals surface area contributed by atoms with Crippen LogP contribution in [0.1, 0.15) is 128 Å². The first-order valence-corrected chi connectivity index (χ1v) is 19.9. The molecule has 0 aliphatic heterocycles. The average Bonchev–Trinajstić information content (AvgIpc) is 2.97. The summed E-state index contributed by atoms with van der Waals surface area (Å²) in [6, 6.07) is 30.3. The van der Waals surface area contributed by atoms with E-state index in [-0.39, 0.29) is 46.5 Å². The van der Waals surface area contributed by atoms with Gasteiger partial charge < -0.3 is 24.8 Å². The average molecular weight is 811 g/mol. The maximum absolute atomic E-state index is 11.8. The summed E-state index contributed by atoms with van der Waals surface area (Å²) in [7, 11) is 0. The Morgan fingerprint density at radius 3 is 1.04 bits per heavy atom. The Morgan fingerprint density at radius 1 is 0.451 bits per heavy atom. The Morgan fingerprint density at radius 2 is 0.765 bits per heavy atom. The summed E-state index contributed by atoms with van der Waals surface area (Å²) in [5.41, 5.74) is 8.51. The van der Waals surface area contributed by atoms with E-state index in [0.29, 0.717) is 24.6 Å². The zero-order valence-electron chi connectivity index (χ0n) is 33.0. The number of phenolic OH excluding ortho intramolecular Hbond substituents is 2. The van der Waals surface area contributed by atoms with Crippen molar-refractivity contribution in [3.8, 4) is 11.5 Å². The molecule has 0 amide bonds. The fraction of sp³-hybridized carbons (Fsp3) is 0.455. The van der Waals surface area contributed by atoms with E-state index in [4.69, 9.17) is 0 Å². The van der Waals surface area contributed by atoms with Crippen LogP contribution in [-0.2, 0) is 70.7 Å². The van der Waals surface area contributed by atoms with Crippen LogP contribution < -0.4 is 24.8 Å². The minimum Gasteiger partial charge on any atom is -1.00 e. The van der Waals surface area contributed by atoms with Gasteiger partial charge in [-0.15, -0.1) is 0 Å². The molecule has 0 aliphatic carbocycles. The SMILES string of the molecule is CC(C)(C)c1cc(C[N+](Cc2ccccc2)=[Zr]=[N+](Cc2ccccc2)Cc2cc(C(C)(C)C)cc(C(C)(C)C)c2O)c(O)c(C(C)(C)C)c1.[Cl-].[Cl-]. The third-order valence-corrected chi connectivity index (χ3v) is 12.1. The second-order valence-electron chi connectivity index (χ2n) is 17.8. The molecule has 0 heterocycles. The number of aromatic hydroxyl groups is 2. The smallest absolute Gasteiger partial charge is 1.00 e. The quantitative estimate of drug-likeness (QED) is 0.267. The molecule has 7 heteroatoms. The molecule has 0 unspecified atom stereocenters. The van der Waals surface area contributed by atoms with E-state index in [1.165, 1.54) is 22.3 Å². The predicted molar refractivity (Wildman–Crippen MR) is 199 cm³/mol. The normalized spacial score (nSPS) is 12.0. The van der Waals surface area contributed by atoms with Crippen molar-refractivity contribution >= 4 is 0 Å². The summed E-state index contributed by atoms with van der Waals surface area (Å²) >= 11 is -1.50. The maximum atomic E-state index is 11.8. The summed E-state index contributed by atoms with van der Waals surface area (Å²) in [6.45, 7) is 29.5. The summed E-state index contributed by atoms with van der Waals surface area (Å²) in [4.78, 5) is 0. The molecule has 276 valence electrons. The van der Waals surface area contributed by atoms with Gasteiger partial charge in [-0.3, -0.25) is 0 Å². The van der Waals surface area contributed by atoms with Crippen LogP contribution in [0.2, 0.25) is 0 Å². The maximum Gasteiger partial charge on any atom is -1.00 e. The molecule has 0 saturated carbocycles. The Labute approximate surface area is 332 Å². The van der Waals surface area contributed by atoms with Crippen molar-refractivity contribution in [2.45, 2.75) is 131 Å². The molecule has 0 atom stereocenters. The Hall–Kier alpha value is -2.46. The standard InChI is InChI=1S/2C22H30NO.2ClH.Zr/c2*1-21(2,3)18-12-17(20(24)19(13-18)22(4,5)6)15-23-14-16-10-8-7-9-11-16;;;/h2*7-13,24H,14-15H2,1-6H3;2*1H;/q2*-1;;;+4/p-2. The van der Waals surface area contributed by atoms with Crippen molar-refractivity contribution in [1.29, 1.82) is 0 Å². The predicted octanol–water partition coefficient (Wildman–Crippen LogP) is 4.87. The van der Waals surface area contributed by atoms with Crippen molar-refractivity contribution < 1.29 is 62.8 Å². The van der Waals surface area contributed by atoms with E-state index in [1.54, 1.807) is 0 Å². The number of hydrogen-bond acceptors (Lipinski definition) is 2. The van der Waals surface area contributed by atoms with Gasteiger partial charge in [-0.05, 0) is 0 Å². The van der Waals surface area contributed by atoms with Gasteiger partial charge in [-0.1, -0.05) is 0 Å². The molecule has 2 N–H and O–H groups in total. The molecular formula is C44H60Cl2N2O2Zr. The molecule has 4 aromatic carbocycles. The number of nitrogens with zero attached hydrogens (tertiary/aromatic N) is 2. The minimum absolute atomic E-state index is 0. The molecule has 0 aromatic heterocycles. The number of rotatable bonds is 8. The second kappa shape index (κ2) is 17.6. The van der Waals surface area contributed by atoms with Crippen molar-refractivity contribution in [3.63, 3.8) is 0 Å². The van der Waals surface area contributed by atoms with Crippen LogP contribution in [0.5, 0.6) is 11.5 Å². The van der Waals surface area contributed by atoms with E-state index in [0.717, 1.165) is 35.3 Å². The third kappa shape index (κ3) is 12.3. The van der Waals surface area contributed by atoms with Gasteiger partial charge in [-0.25, -0.2) is 0 Å². The molecule has 4 aromatic rings. The molecular weight excluding hydrogens is 751 g/mol. The zero-order valence-corrected chi connectivity index (χ0v) is 36.9. The molecule has 51 heavy (non-hydrogen) atoms. The molecule has 0 bridgehead atoms.